The van der Waals surface area contributed by atoms with Gasteiger partial charge in [0.15, 0.2) is 0 Å². The summed E-state index contributed by atoms with van der Waals surface area (Å²) in [5.74, 6) is 0. The molecule has 0 nitrogen and oxygen atoms in total. The van der Waals surface area contributed by atoms with Gasteiger partial charge >= 0.3 is 0 Å². The Labute approximate surface area is 114 Å². The summed E-state index contributed by atoms with van der Waals surface area (Å²) in [6, 6.07) is 0. The van der Waals surface area contributed by atoms with Crippen molar-refractivity contribution in [3.05, 3.63) is 0 Å². The van der Waals surface area contributed by atoms with Crippen LogP contribution in [0, 0.1) is 0 Å². The van der Waals surface area contributed by atoms with Gasteiger partial charge in [-0.05, 0) is 25.4 Å². The van der Waals surface area contributed by atoms with E-state index < -0.39 is 0 Å². The lowest BCUT2D eigenvalue weighted by Crippen LogP contribution is -1.80. The molecule has 0 N–H and O–H groups in total. The summed E-state index contributed by atoms with van der Waals surface area (Å²) in [5, 5.41) is 0. The summed E-state index contributed by atoms with van der Waals surface area (Å²) >= 11 is 0. The molecule has 2 unspecified atom stereocenters. The van der Waals surface area contributed by atoms with Gasteiger partial charge in [-0.25, -0.2) is 0 Å². The topological polar surface area (TPSA) is 0 Å². The molecule has 0 aromatic carbocycles. The molecule has 104 valence electrons. The van der Waals surface area contributed by atoms with Gasteiger partial charge in [0.25, 0.3) is 0 Å². The Hall–Kier alpha value is 0.860. The van der Waals surface area contributed by atoms with Crippen molar-refractivity contribution < 1.29 is 0 Å². The highest BCUT2D eigenvalue weighted by molar-refractivity contribution is 8.11. The second-order valence-electron chi connectivity index (χ2n) is 5.13. The average Bonchev–Trinajstić information content (AvgIpc) is 2.35. The van der Waals surface area contributed by atoms with E-state index in [4.69, 9.17) is 0 Å². The predicted octanol–water partition coefficient (Wildman–Crippen LogP) is 6.32. The Kier molecular flexibility index (Phi) is 17.7. The number of hydrogen-bond acceptors (Lipinski definition) is 0. The molecular weight excluding hydrogens is 242 g/mol. The molecule has 0 aromatic heterocycles. The van der Waals surface area contributed by atoms with Crippen molar-refractivity contribution in [3.63, 3.8) is 0 Å². The van der Waals surface area contributed by atoms with Crippen LogP contribution in [-0.2, 0) is 0 Å². The standard InChI is InChI=1S/C15H34P2/c1-3-5-7-9-11-13-15-17-16-14-12-10-8-6-4-2/h16-17H,3-15H2,1-2H3/p+1. The van der Waals surface area contributed by atoms with E-state index in [0.29, 0.717) is 0 Å². The third-order valence-corrected chi connectivity index (χ3v) is 7.50. The second-order valence-corrected chi connectivity index (χ2v) is 9.47. The number of hydrogen-bond donors (Lipinski definition) is 0. The molecule has 0 bridgehead atoms. The highest BCUT2D eigenvalue weighted by atomic mass is 32.0. The van der Waals surface area contributed by atoms with Crippen LogP contribution < -0.4 is 0 Å². The molecule has 0 aliphatic heterocycles. The SMILES string of the molecule is CCCCCCCCP[PH2+]CCCCCCC. The zero-order valence-corrected chi connectivity index (χ0v) is 14.4. The smallest absolute Gasteiger partial charge is 0.0569 e. The van der Waals surface area contributed by atoms with Gasteiger partial charge in [-0.15, -0.1) is 0 Å². The Balaban J connectivity index is 2.85. The lowest BCUT2D eigenvalue weighted by molar-refractivity contribution is 0.627. The van der Waals surface area contributed by atoms with Crippen LogP contribution in [0.1, 0.15) is 84.5 Å². The maximum atomic E-state index is 2.30. The van der Waals surface area contributed by atoms with Crippen molar-refractivity contribution in [2.24, 2.45) is 0 Å². The van der Waals surface area contributed by atoms with Crippen LogP contribution >= 0.6 is 16.5 Å². The van der Waals surface area contributed by atoms with E-state index in [9.17, 15) is 0 Å². The van der Waals surface area contributed by atoms with Crippen molar-refractivity contribution in [2.45, 2.75) is 84.5 Å². The van der Waals surface area contributed by atoms with Crippen LogP contribution in [0.15, 0.2) is 0 Å². The minimum Gasteiger partial charge on any atom is -0.0654 e. The fourth-order valence-electron chi connectivity index (χ4n) is 2.06. The van der Waals surface area contributed by atoms with E-state index >= 15 is 0 Å². The van der Waals surface area contributed by atoms with Crippen molar-refractivity contribution in [2.75, 3.05) is 12.3 Å². The van der Waals surface area contributed by atoms with Gasteiger partial charge < -0.3 is 0 Å². The molecule has 0 aliphatic carbocycles. The molecule has 0 saturated heterocycles. The maximum absolute atomic E-state index is 2.30. The summed E-state index contributed by atoms with van der Waals surface area (Å²) in [5.41, 5.74) is 0. The lowest BCUT2D eigenvalue weighted by atomic mass is 10.1. The first kappa shape index (κ1) is 17.9. The Bertz CT molecular complexity index is 112. The third-order valence-electron chi connectivity index (χ3n) is 3.27. The van der Waals surface area contributed by atoms with Gasteiger partial charge in [0.1, 0.15) is 0 Å². The minimum absolute atomic E-state index is 0.823. The van der Waals surface area contributed by atoms with E-state index in [-0.39, 0.29) is 0 Å². The molecule has 0 rings (SSSR count). The first-order chi connectivity index (χ1) is 8.41. The van der Waals surface area contributed by atoms with Gasteiger partial charge in [-0.3, -0.25) is 0 Å². The summed E-state index contributed by atoms with van der Waals surface area (Å²) < 4.78 is 0. The molecule has 0 heterocycles. The normalized spacial score (nSPS) is 12.4. The highest BCUT2D eigenvalue weighted by Gasteiger charge is 1.97. The van der Waals surface area contributed by atoms with Crippen molar-refractivity contribution in [3.8, 4) is 0 Å². The fourth-order valence-corrected chi connectivity index (χ4v) is 5.87. The zero-order valence-electron chi connectivity index (χ0n) is 12.3. The third kappa shape index (κ3) is 16.9. The molecule has 0 aliphatic rings. The number of unbranched alkanes of at least 4 members (excludes halogenated alkanes) is 9. The quantitative estimate of drug-likeness (QED) is 0.257. The summed E-state index contributed by atoms with van der Waals surface area (Å²) in [7, 11) is 2.16. The first-order valence-electron chi connectivity index (χ1n) is 7.96. The van der Waals surface area contributed by atoms with Crippen molar-refractivity contribution in [1.82, 2.24) is 0 Å². The van der Waals surface area contributed by atoms with Crippen LogP contribution in [0.4, 0.5) is 0 Å². The van der Waals surface area contributed by atoms with E-state index in [1.807, 2.05) is 0 Å². The van der Waals surface area contributed by atoms with Gasteiger partial charge in [0.2, 0.25) is 0 Å². The zero-order chi connectivity index (χ0) is 12.6. The van der Waals surface area contributed by atoms with Crippen LogP contribution in [0.5, 0.6) is 0 Å². The molecule has 0 radical (unpaired) electrons. The van der Waals surface area contributed by atoms with Gasteiger partial charge in [0.05, 0.1) is 6.16 Å². The number of rotatable bonds is 14. The monoisotopic (exact) mass is 277 g/mol. The van der Waals surface area contributed by atoms with Crippen LogP contribution in [-0.4, -0.2) is 12.3 Å². The van der Waals surface area contributed by atoms with Gasteiger partial charge in [0, 0.05) is 16.5 Å². The van der Waals surface area contributed by atoms with Crippen molar-refractivity contribution in [1.29, 1.82) is 0 Å². The molecule has 0 fully saturated rings. The summed E-state index contributed by atoms with van der Waals surface area (Å²) in [4.78, 5) is 0. The minimum atomic E-state index is 0.823. The van der Waals surface area contributed by atoms with Gasteiger partial charge in [-0.1, -0.05) is 65.2 Å². The predicted molar refractivity (Wildman–Crippen MR) is 89.9 cm³/mol. The van der Waals surface area contributed by atoms with E-state index in [0.717, 1.165) is 8.27 Å². The van der Waals surface area contributed by atoms with Crippen molar-refractivity contribution >= 4 is 16.5 Å². The average molecular weight is 277 g/mol. The van der Waals surface area contributed by atoms with Crippen LogP contribution in [0.25, 0.3) is 0 Å². The van der Waals surface area contributed by atoms with Crippen LogP contribution in [0.3, 0.4) is 0 Å². The molecule has 0 saturated carbocycles. The molecule has 17 heavy (non-hydrogen) atoms. The molecule has 2 atom stereocenters. The Morgan fingerprint density at radius 2 is 1.18 bits per heavy atom. The largest absolute Gasteiger partial charge is 0.0654 e. The van der Waals surface area contributed by atoms with E-state index in [1.165, 1.54) is 78.9 Å². The molecular formula is C15H35P2+. The molecule has 0 aromatic rings. The molecule has 2 heteroatoms. The Morgan fingerprint density at radius 3 is 1.82 bits per heavy atom. The van der Waals surface area contributed by atoms with Gasteiger partial charge in [-0.2, -0.15) is 0 Å². The van der Waals surface area contributed by atoms with E-state index in [2.05, 4.69) is 13.8 Å². The highest BCUT2D eigenvalue weighted by Crippen LogP contribution is 2.38. The maximum Gasteiger partial charge on any atom is 0.0569 e. The Morgan fingerprint density at radius 1 is 0.647 bits per heavy atom. The van der Waals surface area contributed by atoms with Crippen LogP contribution in [0.2, 0.25) is 0 Å². The lowest BCUT2D eigenvalue weighted by Gasteiger charge is -1.99. The first-order valence-corrected chi connectivity index (χ1v) is 11.8. The second kappa shape index (κ2) is 16.9. The molecule has 0 amide bonds. The summed E-state index contributed by atoms with van der Waals surface area (Å²) in [6.07, 6.45) is 19.3. The fraction of sp³-hybridized carbons (Fsp3) is 1.00. The summed E-state index contributed by atoms with van der Waals surface area (Å²) in [6.45, 7) is 4.60. The molecule has 0 spiro atoms. The van der Waals surface area contributed by atoms with E-state index in [1.54, 1.807) is 12.3 Å².